The van der Waals surface area contributed by atoms with Crippen LogP contribution in [0.15, 0.2) is 18.2 Å². The van der Waals surface area contributed by atoms with Gasteiger partial charge in [-0.2, -0.15) is 0 Å². The number of benzene rings is 1. The molecular formula is C17H25ClN2O3. The standard InChI is InChI=1S/C17H24N2O3.ClH/c1-11-7-14(5-6-18-11)19-17(20)13-8-12-9-15(21-2)3-4-16(12)22-10-13;/h3-4,9,11,13-14,18H,5-8,10H2,1-2H3,(H,19,20);1H. The monoisotopic (exact) mass is 340 g/mol. The van der Waals surface area contributed by atoms with Gasteiger partial charge in [-0.1, -0.05) is 0 Å². The van der Waals surface area contributed by atoms with Crippen molar-refractivity contribution in [3.63, 3.8) is 0 Å². The van der Waals surface area contributed by atoms with Crippen LogP contribution >= 0.6 is 12.4 Å². The molecule has 3 atom stereocenters. The molecule has 2 aliphatic rings. The SMILES string of the molecule is COc1ccc2c(c1)CC(C(=O)NC1CCNC(C)C1)CO2.Cl. The van der Waals surface area contributed by atoms with E-state index >= 15 is 0 Å². The Labute approximate surface area is 143 Å². The summed E-state index contributed by atoms with van der Waals surface area (Å²) in [4.78, 5) is 12.5. The number of fused-ring (bicyclic) bond motifs is 1. The molecule has 6 heteroatoms. The summed E-state index contributed by atoms with van der Waals surface area (Å²) in [7, 11) is 1.65. The first-order chi connectivity index (χ1) is 10.7. The molecule has 0 bridgehead atoms. The third-order valence-corrected chi connectivity index (χ3v) is 4.51. The first-order valence-corrected chi connectivity index (χ1v) is 7.99. The fraction of sp³-hybridized carbons (Fsp3) is 0.588. The van der Waals surface area contributed by atoms with Crippen LogP contribution in [0.1, 0.15) is 25.3 Å². The van der Waals surface area contributed by atoms with Crippen molar-refractivity contribution in [1.29, 1.82) is 0 Å². The van der Waals surface area contributed by atoms with Crippen LogP contribution in [0, 0.1) is 5.92 Å². The molecule has 1 amide bonds. The summed E-state index contributed by atoms with van der Waals surface area (Å²) < 4.78 is 11.0. The Morgan fingerprint density at radius 1 is 1.43 bits per heavy atom. The van der Waals surface area contributed by atoms with Gasteiger partial charge in [0.2, 0.25) is 5.91 Å². The number of hydrogen-bond donors (Lipinski definition) is 2. The second-order valence-corrected chi connectivity index (χ2v) is 6.27. The number of carbonyl (C=O) groups excluding carboxylic acids is 1. The van der Waals surface area contributed by atoms with Gasteiger partial charge in [0, 0.05) is 12.1 Å². The average molecular weight is 341 g/mol. The average Bonchev–Trinajstić information content (AvgIpc) is 2.53. The number of ether oxygens (including phenoxy) is 2. The molecule has 1 aromatic carbocycles. The van der Waals surface area contributed by atoms with Gasteiger partial charge in [0.15, 0.2) is 0 Å². The van der Waals surface area contributed by atoms with Crippen LogP contribution in [0.25, 0.3) is 0 Å². The second-order valence-electron chi connectivity index (χ2n) is 6.27. The predicted molar refractivity (Wildman–Crippen MR) is 91.6 cm³/mol. The van der Waals surface area contributed by atoms with Crippen LogP contribution in [-0.2, 0) is 11.2 Å². The third-order valence-electron chi connectivity index (χ3n) is 4.51. The Balaban J connectivity index is 0.00000192. The minimum Gasteiger partial charge on any atom is -0.497 e. The number of carbonyl (C=O) groups is 1. The molecular weight excluding hydrogens is 316 g/mol. The zero-order chi connectivity index (χ0) is 15.5. The van der Waals surface area contributed by atoms with Gasteiger partial charge in [-0.3, -0.25) is 4.79 Å². The molecule has 0 radical (unpaired) electrons. The van der Waals surface area contributed by atoms with Crippen LogP contribution in [0.2, 0.25) is 0 Å². The lowest BCUT2D eigenvalue weighted by Crippen LogP contribution is -2.49. The van der Waals surface area contributed by atoms with Gasteiger partial charge in [0.25, 0.3) is 0 Å². The van der Waals surface area contributed by atoms with Gasteiger partial charge < -0.3 is 20.1 Å². The Bertz CT molecular complexity index is 553. The highest BCUT2D eigenvalue weighted by Gasteiger charge is 2.29. The van der Waals surface area contributed by atoms with E-state index < -0.39 is 0 Å². The van der Waals surface area contributed by atoms with Gasteiger partial charge >= 0.3 is 0 Å². The Morgan fingerprint density at radius 3 is 3.00 bits per heavy atom. The molecule has 3 unspecified atom stereocenters. The molecule has 1 aromatic rings. The zero-order valence-electron chi connectivity index (χ0n) is 13.6. The Morgan fingerprint density at radius 2 is 2.26 bits per heavy atom. The van der Waals surface area contributed by atoms with Crippen LogP contribution in [0.5, 0.6) is 11.5 Å². The summed E-state index contributed by atoms with van der Waals surface area (Å²) >= 11 is 0. The van der Waals surface area contributed by atoms with Gasteiger partial charge in [0.1, 0.15) is 18.1 Å². The summed E-state index contributed by atoms with van der Waals surface area (Å²) in [6.07, 6.45) is 2.69. The number of nitrogens with one attached hydrogen (secondary N) is 2. The maximum Gasteiger partial charge on any atom is 0.227 e. The molecule has 0 spiro atoms. The second kappa shape index (κ2) is 7.88. The van der Waals surface area contributed by atoms with Crippen molar-refractivity contribution in [2.45, 2.75) is 38.3 Å². The topological polar surface area (TPSA) is 59.6 Å². The summed E-state index contributed by atoms with van der Waals surface area (Å²) in [5.74, 6) is 1.65. The number of methoxy groups -OCH3 is 1. The van der Waals surface area contributed by atoms with E-state index in [1.54, 1.807) is 7.11 Å². The van der Waals surface area contributed by atoms with E-state index in [4.69, 9.17) is 9.47 Å². The van der Waals surface area contributed by atoms with Crippen molar-refractivity contribution >= 4 is 18.3 Å². The fourth-order valence-corrected chi connectivity index (χ4v) is 3.25. The molecule has 2 N–H and O–H groups in total. The van der Waals surface area contributed by atoms with Crippen molar-refractivity contribution in [1.82, 2.24) is 10.6 Å². The number of piperidine rings is 1. The molecule has 0 aromatic heterocycles. The van der Waals surface area contributed by atoms with Crippen molar-refractivity contribution in [3.05, 3.63) is 23.8 Å². The number of rotatable bonds is 3. The van der Waals surface area contributed by atoms with E-state index in [1.165, 1.54) is 0 Å². The van der Waals surface area contributed by atoms with Crippen LogP contribution in [0.4, 0.5) is 0 Å². The Hall–Kier alpha value is -1.46. The van der Waals surface area contributed by atoms with Crippen molar-refractivity contribution in [3.8, 4) is 11.5 Å². The fourth-order valence-electron chi connectivity index (χ4n) is 3.25. The summed E-state index contributed by atoms with van der Waals surface area (Å²) in [6, 6.07) is 6.50. The summed E-state index contributed by atoms with van der Waals surface area (Å²) in [5, 5.41) is 6.59. The lowest BCUT2D eigenvalue weighted by Gasteiger charge is -2.31. The molecule has 3 rings (SSSR count). The summed E-state index contributed by atoms with van der Waals surface area (Å²) in [6.45, 7) is 3.57. The highest BCUT2D eigenvalue weighted by atomic mass is 35.5. The minimum absolute atomic E-state index is 0. The van der Waals surface area contributed by atoms with Crippen molar-refractivity contribution in [2.75, 3.05) is 20.3 Å². The number of hydrogen-bond acceptors (Lipinski definition) is 4. The molecule has 5 nitrogen and oxygen atoms in total. The zero-order valence-corrected chi connectivity index (χ0v) is 14.4. The number of halogens is 1. The van der Waals surface area contributed by atoms with Crippen LogP contribution in [0.3, 0.4) is 0 Å². The van der Waals surface area contributed by atoms with E-state index in [0.29, 0.717) is 19.1 Å². The van der Waals surface area contributed by atoms with E-state index in [9.17, 15) is 4.79 Å². The first-order valence-electron chi connectivity index (χ1n) is 7.99. The molecule has 0 saturated carbocycles. The van der Waals surface area contributed by atoms with Crippen LogP contribution in [-0.4, -0.2) is 38.3 Å². The molecule has 0 aliphatic carbocycles. The van der Waals surface area contributed by atoms with Gasteiger partial charge in [-0.05, 0) is 56.5 Å². The maximum atomic E-state index is 12.5. The highest BCUT2D eigenvalue weighted by molar-refractivity contribution is 5.85. The quantitative estimate of drug-likeness (QED) is 0.882. The van der Waals surface area contributed by atoms with E-state index in [2.05, 4.69) is 17.6 Å². The molecule has 2 heterocycles. The van der Waals surface area contributed by atoms with Gasteiger partial charge in [-0.25, -0.2) is 0 Å². The van der Waals surface area contributed by atoms with E-state index in [1.807, 2.05) is 18.2 Å². The normalized spacial score (nSPS) is 26.3. The lowest BCUT2D eigenvalue weighted by molar-refractivity contribution is -0.127. The smallest absolute Gasteiger partial charge is 0.227 e. The molecule has 1 saturated heterocycles. The van der Waals surface area contributed by atoms with Crippen molar-refractivity contribution in [2.24, 2.45) is 5.92 Å². The lowest BCUT2D eigenvalue weighted by atomic mass is 9.94. The summed E-state index contributed by atoms with van der Waals surface area (Å²) in [5.41, 5.74) is 1.05. The largest absolute Gasteiger partial charge is 0.497 e. The first kappa shape index (κ1) is 17.9. The Kier molecular flexibility index (Phi) is 6.13. The van der Waals surface area contributed by atoms with Crippen molar-refractivity contribution < 1.29 is 14.3 Å². The molecule has 23 heavy (non-hydrogen) atoms. The van der Waals surface area contributed by atoms with Gasteiger partial charge in [-0.15, -0.1) is 12.4 Å². The van der Waals surface area contributed by atoms with Gasteiger partial charge in [0.05, 0.1) is 13.0 Å². The highest BCUT2D eigenvalue weighted by Crippen LogP contribution is 2.30. The maximum absolute atomic E-state index is 12.5. The van der Waals surface area contributed by atoms with E-state index in [-0.39, 0.29) is 30.3 Å². The minimum atomic E-state index is -0.121. The van der Waals surface area contributed by atoms with E-state index in [0.717, 1.165) is 36.4 Å². The third kappa shape index (κ3) is 4.30. The molecule has 128 valence electrons. The van der Waals surface area contributed by atoms with Crippen LogP contribution < -0.4 is 20.1 Å². The molecule has 2 aliphatic heterocycles. The molecule has 1 fully saturated rings. The number of amides is 1. The predicted octanol–water partition coefficient (Wildman–Crippen LogP) is 1.92.